The Labute approximate surface area is 209 Å². The first kappa shape index (κ1) is 26.1. The van der Waals surface area contributed by atoms with Crippen LogP contribution in [0, 0.1) is 0 Å². The van der Waals surface area contributed by atoms with Crippen molar-refractivity contribution in [3.05, 3.63) is 35.9 Å². The molecule has 4 heterocycles. The summed E-state index contributed by atoms with van der Waals surface area (Å²) >= 11 is 0. The predicted molar refractivity (Wildman–Crippen MR) is 135 cm³/mol. The van der Waals surface area contributed by atoms with Crippen LogP contribution in [0.4, 0.5) is 0 Å². The van der Waals surface area contributed by atoms with Crippen LogP contribution in [-0.4, -0.2) is 80.4 Å². The highest BCUT2D eigenvalue weighted by atomic mass is 16.5. The topological polar surface area (TPSA) is 91.9 Å². The maximum absolute atomic E-state index is 12.0. The van der Waals surface area contributed by atoms with Gasteiger partial charge in [-0.1, -0.05) is 30.3 Å². The summed E-state index contributed by atoms with van der Waals surface area (Å²) in [5, 5.41) is 9.49. The second kappa shape index (κ2) is 13.9. The Balaban J connectivity index is 0.000000179. The highest BCUT2D eigenvalue weighted by Crippen LogP contribution is 2.17. The number of piperidine rings is 2. The molecule has 0 bridgehead atoms. The molecule has 2 atom stereocenters. The lowest BCUT2D eigenvalue weighted by molar-refractivity contribution is -0.131. The molecule has 2 amide bonds. The number of amides is 2. The molecule has 4 aliphatic rings. The second-order valence-electron chi connectivity index (χ2n) is 10.1. The molecular weight excluding hydrogens is 444 g/mol. The summed E-state index contributed by atoms with van der Waals surface area (Å²) in [5.74, 6) is 0.184. The first-order valence-electron chi connectivity index (χ1n) is 13.5. The van der Waals surface area contributed by atoms with Crippen LogP contribution in [0.15, 0.2) is 30.3 Å². The third kappa shape index (κ3) is 8.56. The third-order valence-corrected chi connectivity index (χ3v) is 7.31. The molecule has 0 radical (unpaired) electrons. The van der Waals surface area contributed by atoms with Gasteiger partial charge >= 0.3 is 0 Å². The van der Waals surface area contributed by atoms with Crippen LogP contribution in [0.1, 0.15) is 56.9 Å². The van der Waals surface area contributed by atoms with E-state index < -0.39 is 0 Å². The number of carbonyl (C=O) groups excluding carboxylic acids is 2. The van der Waals surface area contributed by atoms with Crippen LogP contribution >= 0.6 is 0 Å². The van der Waals surface area contributed by atoms with Gasteiger partial charge in [0.05, 0.1) is 0 Å². The minimum atomic E-state index is -0.202. The fraction of sp³-hybridized carbons (Fsp3) is 0.704. The molecule has 5 rings (SSSR count). The van der Waals surface area contributed by atoms with Crippen LogP contribution in [-0.2, 0) is 25.6 Å². The van der Waals surface area contributed by atoms with Gasteiger partial charge in [0.15, 0.2) is 0 Å². The lowest BCUT2D eigenvalue weighted by Gasteiger charge is -2.32. The van der Waals surface area contributed by atoms with E-state index in [1.807, 2.05) is 0 Å². The van der Waals surface area contributed by atoms with Crippen LogP contribution in [0.25, 0.3) is 0 Å². The third-order valence-electron chi connectivity index (χ3n) is 7.31. The first-order chi connectivity index (χ1) is 17.2. The van der Waals surface area contributed by atoms with Gasteiger partial charge in [0, 0.05) is 44.9 Å². The highest BCUT2D eigenvalue weighted by molar-refractivity contribution is 5.81. The average Bonchev–Trinajstić information content (AvgIpc) is 3.62. The van der Waals surface area contributed by atoms with E-state index in [1.165, 1.54) is 5.56 Å². The Morgan fingerprint density at radius 3 is 1.86 bits per heavy atom. The summed E-state index contributed by atoms with van der Waals surface area (Å²) < 4.78 is 10.8. The average molecular weight is 487 g/mol. The number of ether oxygens (including phenoxy) is 2. The summed E-state index contributed by atoms with van der Waals surface area (Å²) in [6.45, 7) is 6.59. The molecule has 0 aliphatic carbocycles. The Morgan fingerprint density at radius 1 is 0.800 bits per heavy atom. The molecule has 4 aliphatic heterocycles. The maximum Gasteiger partial charge on any atom is 0.249 e. The van der Waals surface area contributed by atoms with Crippen molar-refractivity contribution in [2.45, 2.75) is 82.2 Å². The number of benzene rings is 1. The fourth-order valence-corrected chi connectivity index (χ4v) is 5.20. The quantitative estimate of drug-likeness (QED) is 0.570. The van der Waals surface area contributed by atoms with Gasteiger partial charge in [0.1, 0.15) is 12.2 Å². The van der Waals surface area contributed by atoms with Crippen LogP contribution < -0.4 is 16.0 Å². The predicted octanol–water partition coefficient (Wildman–Crippen LogP) is 1.98. The Bertz CT molecular complexity index is 767. The van der Waals surface area contributed by atoms with Crippen molar-refractivity contribution in [2.75, 3.05) is 39.4 Å². The minimum Gasteiger partial charge on any atom is -0.368 e. The molecule has 0 aromatic heterocycles. The number of nitrogens with zero attached hydrogens (tertiary/aromatic N) is 1. The monoisotopic (exact) mass is 486 g/mol. The van der Waals surface area contributed by atoms with Crippen LogP contribution in [0.2, 0.25) is 0 Å². The smallest absolute Gasteiger partial charge is 0.249 e. The molecule has 0 saturated carbocycles. The van der Waals surface area contributed by atoms with E-state index in [2.05, 4.69) is 51.2 Å². The maximum atomic E-state index is 12.0. The molecule has 0 spiro atoms. The van der Waals surface area contributed by atoms with Crippen molar-refractivity contribution in [3.8, 4) is 0 Å². The number of hydrogen-bond donors (Lipinski definition) is 3. The normalized spacial score (nSPS) is 26.1. The molecule has 4 fully saturated rings. The van der Waals surface area contributed by atoms with Gasteiger partial charge in [-0.2, -0.15) is 0 Å². The van der Waals surface area contributed by atoms with Crippen molar-refractivity contribution in [1.82, 2.24) is 20.9 Å². The lowest BCUT2D eigenvalue weighted by Crippen LogP contribution is -2.47. The molecule has 8 nitrogen and oxygen atoms in total. The fourth-order valence-electron chi connectivity index (χ4n) is 5.20. The van der Waals surface area contributed by atoms with Crippen LogP contribution in [0.5, 0.6) is 0 Å². The van der Waals surface area contributed by atoms with Crippen molar-refractivity contribution in [1.29, 1.82) is 0 Å². The molecule has 8 heteroatoms. The molecule has 194 valence electrons. The molecule has 4 saturated heterocycles. The van der Waals surface area contributed by atoms with E-state index in [-0.39, 0.29) is 24.0 Å². The zero-order valence-electron chi connectivity index (χ0n) is 20.9. The van der Waals surface area contributed by atoms with Gasteiger partial charge in [-0.15, -0.1) is 0 Å². The van der Waals surface area contributed by atoms with E-state index in [0.717, 1.165) is 97.3 Å². The number of nitrogens with one attached hydrogen (secondary N) is 3. The summed E-state index contributed by atoms with van der Waals surface area (Å²) in [4.78, 5) is 26.2. The Morgan fingerprint density at radius 2 is 1.34 bits per heavy atom. The molecule has 3 N–H and O–H groups in total. The van der Waals surface area contributed by atoms with Crippen molar-refractivity contribution < 1.29 is 19.1 Å². The van der Waals surface area contributed by atoms with E-state index in [9.17, 15) is 9.59 Å². The largest absolute Gasteiger partial charge is 0.368 e. The van der Waals surface area contributed by atoms with Crippen LogP contribution in [0.3, 0.4) is 0 Å². The van der Waals surface area contributed by atoms with E-state index in [0.29, 0.717) is 12.1 Å². The Kier molecular flexibility index (Phi) is 10.4. The van der Waals surface area contributed by atoms with Crippen molar-refractivity contribution in [3.63, 3.8) is 0 Å². The zero-order chi connectivity index (χ0) is 24.3. The molecule has 35 heavy (non-hydrogen) atoms. The van der Waals surface area contributed by atoms with Gasteiger partial charge in [-0.05, 0) is 70.0 Å². The van der Waals surface area contributed by atoms with E-state index in [1.54, 1.807) is 0 Å². The molecule has 1 aromatic rings. The lowest BCUT2D eigenvalue weighted by atomic mass is 10.0. The zero-order valence-corrected chi connectivity index (χ0v) is 20.9. The van der Waals surface area contributed by atoms with E-state index >= 15 is 0 Å². The van der Waals surface area contributed by atoms with Gasteiger partial charge in [0.2, 0.25) is 11.8 Å². The van der Waals surface area contributed by atoms with Crippen molar-refractivity contribution in [2.24, 2.45) is 0 Å². The summed E-state index contributed by atoms with van der Waals surface area (Å²) in [6.07, 6.45) is 7.55. The molecule has 0 unspecified atom stereocenters. The second-order valence-corrected chi connectivity index (χ2v) is 10.1. The first-order valence-corrected chi connectivity index (χ1v) is 13.5. The SMILES string of the molecule is O=C(NC1CCN(Cc2ccccc2)CC1)[C@H]1CCCO1.O=C(NC1CCNCC1)[C@H]1CCCO1. The summed E-state index contributed by atoms with van der Waals surface area (Å²) in [6, 6.07) is 11.2. The van der Waals surface area contributed by atoms with Gasteiger partial charge in [-0.25, -0.2) is 0 Å². The number of carbonyl (C=O) groups is 2. The number of rotatable bonds is 6. The highest BCUT2D eigenvalue weighted by Gasteiger charge is 2.28. The van der Waals surface area contributed by atoms with Gasteiger partial charge in [0.25, 0.3) is 0 Å². The molecule has 1 aromatic carbocycles. The minimum absolute atomic E-state index is 0.0917. The standard InChI is InChI=1S/C17H24N2O2.C10H18N2O2/c20-17(16-7-4-12-21-16)18-15-8-10-19(11-9-15)13-14-5-2-1-3-6-14;13-10(9-2-1-7-14-9)12-8-3-5-11-6-4-8/h1-3,5-6,15-16H,4,7-13H2,(H,18,20);8-9,11H,1-7H2,(H,12,13)/t16-;9-/m11/s1. The Hall–Kier alpha value is -2.00. The van der Waals surface area contributed by atoms with Crippen molar-refractivity contribution >= 4 is 11.8 Å². The number of likely N-dealkylation sites (tertiary alicyclic amines) is 1. The summed E-state index contributed by atoms with van der Waals surface area (Å²) in [7, 11) is 0. The van der Waals surface area contributed by atoms with Gasteiger partial charge < -0.3 is 25.4 Å². The van der Waals surface area contributed by atoms with E-state index in [4.69, 9.17) is 9.47 Å². The molecular formula is C27H42N4O4. The number of hydrogen-bond acceptors (Lipinski definition) is 6. The van der Waals surface area contributed by atoms with Gasteiger partial charge in [-0.3, -0.25) is 14.5 Å². The summed E-state index contributed by atoms with van der Waals surface area (Å²) in [5.41, 5.74) is 1.36.